The average molecular weight is 224 g/mol. The van der Waals surface area contributed by atoms with E-state index >= 15 is 0 Å². The van der Waals surface area contributed by atoms with Crippen molar-refractivity contribution in [3.8, 4) is 0 Å². The molecule has 0 aliphatic heterocycles. The van der Waals surface area contributed by atoms with Crippen molar-refractivity contribution in [2.24, 2.45) is 0 Å². The minimum atomic E-state index is -4.44. The monoisotopic (exact) mass is 224 g/mol. The van der Waals surface area contributed by atoms with Crippen LogP contribution in [-0.2, 0) is 17.1 Å². The van der Waals surface area contributed by atoms with Crippen LogP contribution in [0.4, 0.5) is 0 Å². The summed E-state index contributed by atoms with van der Waals surface area (Å²) in [7, 11) is -4.44. The van der Waals surface area contributed by atoms with Gasteiger partial charge in [0.2, 0.25) is 0 Å². The van der Waals surface area contributed by atoms with Gasteiger partial charge < -0.3 is 14.4 Å². The predicted octanol–water partition coefficient (Wildman–Crippen LogP) is 1.22. The second-order valence-electron chi connectivity index (χ2n) is 3.41. The first-order chi connectivity index (χ1) is 7.01. The van der Waals surface area contributed by atoms with Gasteiger partial charge in [-0.15, -0.1) is 6.58 Å². The number of hydrogen-bond donors (Lipinski definition) is 0. The fourth-order valence-corrected chi connectivity index (χ4v) is 1.96. The van der Waals surface area contributed by atoms with Gasteiger partial charge in [-0.25, -0.2) is 0 Å². The van der Waals surface area contributed by atoms with E-state index in [1.165, 1.54) is 0 Å². The van der Waals surface area contributed by atoms with E-state index in [0.29, 0.717) is 5.56 Å². The molecule has 0 N–H and O–H groups in total. The van der Waals surface area contributed by atoms with Crippen LogP contribution in [0.3, 0.4) is 0 Å². The molecule has 0 saturated heterocycles. The summed E-state index contributed by atoms with van der Waals surface area (Å²) in [6.45, 7) is 3.62. The van der Waals surface area contributed by atoms with Gasteiger partial charge in [-0.1, -0.05) is 37.9 Å². The molecule has 1 aromatic carbocycles. The Morgan fingerprint density at radius 2 is 1.73 bits per heavy atom. The lowest BCUT2D eigenvalue weighted by Crippen LogP contribution is -2.15. The summed E-state index contributed by atoms with van der Waals surface area (Å²) >= 11 is 0. The molecule has 0 saturated carbocycles. The number of hydrogen-bond acceptors (Lipinski definition) is 3. The van der Waals surface area contributed by atoms with Crippen LogP contribution in [0, 0.1) is 0 Å². The Kier molecular flexibility index (Phi) is 4.28. The molecule has 0 fully saturated rings. The van der Waals surface area contributed by atoms with Crippen molar-refractivity contribution < 1.29 is 14.4 Å². The van der Waals surface area contributed by atoms with Crippen LogP contribution in [0.1, 0.15) is 17.5 Å². The van der Waals surface area contributed by atoms with E-state index in [9.17, 15) is 14.4 Å². The van der Waals surface area contributed by atoms with Crippen LogP contribution in [0.5, 0.6) is 0 Å². The maximum absolute atomic E-state index is 10.5. The molecule has 1 aromatic rings. The third-order valence-electron chi connectivity index (χ3n) is 2.04. The molecule has 0 spiro atoms. The molecule has 3 nitrogen and oxygen atoms in total. The van der Waals surface area contributed by atoms with Crippen molar-refractivity contribution >= 4 is 7.60 Å². The molecule has 0 heterocycles. The normalized spacial score (nSPS) is 11.3. The fraction of sp³-hybridized carbons (Fsp3) is 0.273. The number of aryl methyl sites for hydroxylation is 1. The van der Waals surface area contributed by atoms with Gasteiger partial charge in [0, 0.05) is 6.16 Å². The lowest BCUT2D eigenvalue weighted by atomic mass is 10.1. The zero-order chi connectivity index (χ0) is 11.3. The van der Waals surface area contributed by atoms with E-state index in [2.05, 4.69) is 6.58 Å². The quantitative estimate of drug-likeness (QED) is 0.558. The van der Waals surface area contributed by atoms with Gasteiger partial charge in [0.25, 0.3) is 0 Å². The summed E-state index contributed by atoms with van der Waals surface area (Å²) in [6.07, 6.45) is 3.20. The summed E-state index contributed by atoms with van der Waals surface area (Å²) < 4.78 is 10.5. The van der Waals surface area contributed by atoms with E-state index in [1.54, 1.807) is 12.1 Å². The van der Waals surface area contributed by atoms with Gasteiger partial charge in [0.15, 0.2) is 0 Å². The number of benzene rings is 1. The van der Waals surface area contributed by atoms with Gasteiger partial charge in [0.05, 0.1) is 0 Å². The molecule has 0 aromatic heterocycles. The highest BCUT2D eigenvalue weighted by molar-refractivity contribution is 7.47. The van der Waals surface area contributed by atoms with Crippen LogP contribution < -0.4 is 9.79 Å². The first-order valence-corrected chi connectivity index (χ1v) is 6.44. The zero-order valence-electron chi connectivity index (χ0n) is 8.39. The highest BCUT2D eigenvalue weighted by Crippen LogP contribution is 2.29. The Morgan fingerprint density at radius 1 is 1.20 bits per heavy atom. The van der Waals surface area contributed by atoms with Gasteiger partial charge >= 0.3 is 0 Å². The zero-order valence-corrected chi connectivity index (χ0v) is 9.28. The molecule has 0 unspecified atom stereocenters. The first-order valence-electron chi connectivity index (χ1n) is 4.71. The van der Waals surface area contributed by atoms with Crippen LogP contribution >= 0.6 is 7.60 Å². The van der Waals surface area contributed by atoms with E-state index in [0.717, 1.165) is 18.4 Å². The molecule has 4 heteroatoms. The topological polar surface area (TPSA) is 63.2 Å². The van der Waals surface area contributed by atoms with E-state index < -0.39 is 13.8 Å². The van der Waals surface area contributed by atoms with Crippen LogP contribution in [-0.4, -0.2) is 0 Å². The molecule has 0 aliphatic carbocycles. The van der Waals surface area contributed by atoms with E-state index in [4.69, 9.17) is 0 Å². The van der Waals surface area contributed by atoms with E-state index in [1.807, 2.05) is 18.2 Å². The van der Waals surface area contributed by atoms with Crippen molar-refractivity contribution in [1.29, 1.82) is 0 Å². The standard InChI is InChI=1S/C11H15O3P/c1-2-3-4-10-5-7-11(8-6-10)9-15(12,13)14/h2,5-8H,1,3-4,9H2,(H2,12,13,14)/p-2. The van der Waals surface area contributed by atoms with Crippen molar-refractivity contribution in [1.82, 2.24) is 0 Å². The van der Waals surface area contributed by atoms with Gasteiger partial charge in [-0.3, -0.25) is 0 Å². The van der Waals surface area contributed by atoms with Crippen molar-refractivity contribution in [3.05, 3.63) is 48.0 Å². The van der Waals surface area contributed by atoms with Crippen molar-refractivity contribution in [3.63, 3.8) is 0 Å². The maximum atomic E-state index is 10.5. The van der Waals surface area contributed by atoms with Gasteiger partial charge in [0.1, 0.15) is 0 Å². The molecular weight excluding hydrogens is 211 g/mol. The fourth-order valence-electron chi connectivity index (χ4n) is 1.30. The van der Waals surface area contributed by atoms with Crippen LogP contribution in [0.15, 0.2) is 36.9 Å². The Labute approximate surface area is 89.6 Å². The summed E-state index contributed by atoms with van der Waals surface area (Å²) in [5.74, 6) is 0. The minimum absolute atomic E-state index is 0.408. The Hall–Kier alpha value is -0.890. The van der Waals surface area contributed by atoms with Crippen molar-refractivity contribution in [2.75, 3.05) is 0 Å². The second kappa shape index (κ2) is 5.26. The smallest absolute Gasteiger partial charge is 0.000222 e. The third kappa shape index (κ3) is 4.93. The molecular formula is C11H13O3P-2. The molecule has 0 bridgehead atoms. The molecule has 0 atom stereocenters. The minimum Gasteiger partial charge on any atom is -0.810 e. The Balaban J connectivity index is 2.64. The van der Waals surface area contributed by atoms with Gasteiger partial charge in [-0.2, -0.15) is 0 Å². The summed E-state index contributed by atoms with van der Waals surface area (Å²) in [4.78, 5) is 21.0. The maximum Gasteiger partial charge on any atom is 0.000222 e. The molecule has 1 rings (SSSR count). The van der Waals surface area contributed by atoms with Crippen LogP contribution in [0.25, 0.3) is 0 Å². The molecule has 82 valence electrons. The predicted molar refractivity (Wildman–Crippen MR) is 56.3 cm³/mol. The summed E-state index contributed by atoms with van der Waals surface area (Å²) in [5.41, 5.74) is 1.66. The highest BCUT2D eigenvalue weighted by atomic mass is 31.2. The molecule has 0 radical (unpaired) electrons. The molecule has 0 amide bonds. The number of rotatable bonds is 5. The second-order valence-corrected chi connectivity index (χ2v) is 4.95. The van der Waals surface area contributed by atoms with E-state index in [-0.39, 0.29) is 0 Å². The average Bonchev–Trinajstić information content (AvgIpc) is 2.14. The lowest BCUT2D eigenvalue weighted by molar-refractivity contribution is -0.314. The van der Waals surface area contributed by atoms with Crippen LogP contribution in [0.2, 0.25) is 0 Å². The Bertz CT molecular complexity index is 364. The third-order valence-corrected chi connectivity index (χ3v) is 2.79. The first kappa shape index (κ1) is 12.2. The van der Waals surface area contributed by atoms with Crippen molar-refractivity contribution in [2.45, 2.75) is 19.0 Å². The Morgan fingerprint density at radius 3 is 2.20 bits per heavy atom. The lowest BCUT2D eigenvalue weighted by Gasteiger charge is -2.29. The summed E-state index contributed by atoms with van der Waals surface area (Å²) in [5, 5.41) is 0. The largest absolute Gasteiger partial charge is 0.810 e. The SMILES string of the molecule is C=CCCc1ccc(CP(=O)([O-])[O-])cc1. The summed E-state index contributed by atoms with van der Waals surface area (Å²) in [6, 6.07) is 7.05. The highest BCUT2D eigenvalue weighted by Gasteiger charge is 1.97. The molecule has 0 aliphatic rings. The number of allylic oxidation sites excluding steroid dienone is 1. The van der Waals surface area contributed by atoms with Gasteiger partial charge in [-0.05, 0) is 24.0 Å². The molecule has 15 heavy (non-hydrogen) atoms.